The van der Waals surface area contributed by atoms with Gasteiger partial charge in [-0.3, -0.25) is 4.79 Å². The summed E-state index contributed by atoms with van der Waals surface area (Å²) in [6.07, 6.45) is -4.27. The van der Waals surface area contributed by atoms with Gasteiger partial charge in [0.15, 0.2) is 0 Å². The zero-order valence-corrected chi connectivity index (χ0v) is 13.6. The molecule has 0 aliphatic carbocycles. The lowest BCUT2D eigenvalue weighted by Crippen LogP contribution is -2.49. The fraction of sp³-hybridized carbons (Fsp3) is 0.529. The van der Waals surface area contributed by atoms with Gasteiger partial charge in [-0.1, -0.05) is 18.2 Å². The number of alkyl halides is 3. The number of rotatable bonds is 4. The first-order chi connectivity index (χ1) is 11.0. The van der Waals surface area contributed by atoms with E-state index in [1.807, 2.05) is 0 Å². The number of carbonyl (C=O) groups excluding carboxylic acids is 1. The van der Waals surface area contributed by atoms with E-state index in [4.69, 9.17) is 5.11 Å². The molecule has 1 amide bonds. The number of likely N-dealkylation sites (tertiary alicyclic amines) is 1. The van der Waals surface area contributed by atoms with Crippen LogP contribution in [-0.4, -0.2) is 40.1 Å². The highest BCUT2D eigenvalue weighted by Crippen LogP contribution is 2.44. The molecule has 1 unspecified atom stereocenters. The summed E-state index contributed by atoms with van der Waals surface area (Å²) in [5.74, 6) is -3.01. The van der Waals surface area contributed by atoms with Crippen LogP contribution in [0.15, 0.2) is 24.3 Å². The van der Waals surface area contributed by atoms with Crippen LogP contribution < -0.4 is 0 Å². The van der Waals surface area contributed by atoms with Crippen molar-refractivity contribution in [3.8, 4) is 0 Å². The Balaban J connectivity index is 2.08. The maximum Gasteiger partial charge on any atom is 0.394 e. The summed E-state index contributed by atoms with van der Waals surface area (Å²) >= 11 is 0. The molecule has 1 saturated heterocycles. The molecule has 1 aromatic rings. The van der Waals surface area contributed by atoms with E-state index in [1.54, 1.807) is 18.2 Å². The fourth-order valence-corrected chi connectivity index (χ4v) is 3.42. The van der Waals surface area contributed by atoms with E-state index in [0.29, 0.717) is 5.56 Å². The predicted octanol–water partition coefficient (Wildman–Crippen LogP) is 3.51. The molecule has 1 aliphatic heterocycles. The van der Waals surface area contributed by atoms with Crippen LogP contribution >= 0.6 is 0 Å². The Morgan fingerprint density at radius 2 is 1.92 bits per heavy atom. The lowest BCUT2D eigenvalue weighted by Gasteiger charge is -2.36. The number of nitrogens with zero attached hydrogens (tertiary/aromatic N) is 1. The number of aromatic carboxylic acids is 1. The third-order valence-electron chi connectivity index (χ3n) is 4.74. The Labute approximate surface area is 138 Å². The van der Waals surface area contributed by atoms with Crippen molar-refractivity contribution in [1.82, 2.24) is 4.90 Å². The summed E-state index contributed by atoms with van der Waals surface area (Å²) in [5.41, 5.74) is -0.677. The van der Waals surface area contributed by atoms with E-state index >= 15 is 0 Å². The SMILES string of the molecule is CC1(C)C(C(F)(F)F)CCN1C(=O)CCc1ccccc1C(=O)O. The topological polar surface area (TPSA) is 57.6 Å². The molecule has 1 aliphatic rings. The first-order valence-electron chi connectivity index (χ1n) is 7.73. The van der Waals surface area contributed by atoms with Crippen molar-refractivity contribution < 1.29 is 27.9 Å². The van der Waals surface area contributed by atoms with E-state index in [1.165, 1.54) is 24.8 Å². The number of amides is 1. The van der Waals surface area contributed by atoms with Gasteiger partial charge >= 0.3 is 12.1 Å². The van der Waals surface area contributed by atoms with Crippen molar-refractivity contribution in [2.75, 3.05) is 6.54 Å². The van der Waals surface area contributed by atoms with E-state index < -0.39 is 23.6 Å². The van der Waals surface area contributed by atoms with Crippen molar-refractivity contribution in [1.29, 1.82) is 0 Å². The summed E-state index contributed by atoms with van der Waals surface area (Å²) in [6.45, 7) is 2.93. The molecule has 0 radical (unpaired) electrons. The summed E-state index contributed by atoms with van der Waals surface area (Å²) in [4.78, 5) is 24.8. The normalized spacial score (nSPS) is 20.2. The van der Waals surface area contributed by atoms with Gasteiger partial charge in [-0.05, 0) is 38.3 Å². The molecule has 1 N–H and O–H groups in total. The van der Waals surface area contributed by atoms with Gasteiger partial charge < -0.3 is 10.0 Å². The summed E-state index contributed by atoms with van der Waals surface area (Å²) in [5, 5.41) is 9.13. The second-order valence-corrected chi connectivity index (χ2v) is 6.54. The van der Waals surface area contributed by atoms with E-state index in [2.05, 4.69) is 0 Å². The molecular formula is C17H20F3NO3. The third kappa shape index (κ3) is 3.55. The van der Waals surface area contributed by atoms with Crippen molar-refractivity contribution >= 4 is 11.9 Å². The van der Waals surface area contributed by atoms with Crippen LogP contribution in [-0.2, 0) is 11.2 Å². The molecular weight excluding hydrogens is 323 g/mol. The highest BCUT2D eigenvalue weighted by Gasteiger charge is 2.55. The Morgan fingerprint density at radius 1 is 1.29 bits per heavy atom. The number of carbonyl (C=O) groups is 2. The second-order valence-electron chi connectivity index (χ2n) is 6.54. The maximum atomic E-state index is 13.1. The number of hydrogen-bond donors (Lipinski definition) is 1. The molecule has 1 heterocycles. The summed E-state index contributed by atoms with van der Waals surface area (Å²) < 4.78 is 39.2. The van der Waals surface area contributed by atoms with Crippen molar-refractivity contribution in [3.63, 3.8) is 0 Å². The van der Waals surface area contributed by atoms with Crippen LogP contribution in [0, 0.1) is 5.92 Å². The highest BCUT2D eigenvalue weighted by molar-refractivity contribution is 5.89. The first kappa shape index (κ1) is 18.3. The Morgan fingerprint density at radius 3 is 2.46 bits per heavy atom. The third-order valence-corrected chi connectivity index (χ3v) is 4.74. The molecule has 0 aromatic heterocycles. The van der Waals surface area contributed by atoms with Crippen molar-refractivity contribution in [3.05, 3.63) is 35.4 Å². The minimum Gasteiger partial charge on any atom is -0.478 e. The number of carboxylic acid groups (broad SMARTS) is 1. The molecule has 7 heteroatoms. The van der Waals surface area contributed by atoms with E-state index in [-0.39, 0.29) is 37.3 Å². The molecule has 1 atom stereocenters. The van der Waals surface area contributed by atoms with Crippen LogP contribution in [0.4, 0.5) is 13.2 Å². The molecule has 132 valence electrons. The molecule has 24 heavy (non-hydrogen) atoms. The van der Waals surface area contributed by atoms with E-state index in [0.717, 1.165) is 0 Å². The zero-order valence-electron chi connectivity index (χ0n) is 13.6. The van der Waals surface area contributed by atoms with Crippen LogP contribution in [0.3, 0.4) is 0 Å². The van der Waals surface area contributed by atoms with Crippen LogP contribution in [0.1, 0.15) is 42.6 Å². The van der Waals surface area contributed by atoms with Crippen LogP contribution in [0.5, 0.6) is 0 Å². The Hall–Kier alpha value is -2.05. The molecule has 0 saturated carbocycles. The minimum atomic E-state index is -4.34. The zero-order chi connectivity index (χ0) is 18.1. The number of carboxylic acids is 1. The monoisotopic (exact) mass is 343 g/mol. The fourth-order valence-electron chi connectivity index (χ4n) is 3.42. The molecule has 1 aromatic carbocycles. The lowest BCUT2D eigenvalue weighted by molar-refractivity contribution is -0.192. The first-order valence-corrected chi connectivity index (χ1v) is 7.73. The average Bonchev–Trinajstić information content (AvgIpc) is 2.80. The number of benzene rings is 1. The predicted molar refractivity (Wildman–Crippen MR) is 81.7 cm³/mol. The van der Waals surface area contributed by atoms with E-state index in [9.17, 15) is 22.8 Å². The van der Waals surface area contributed by atoms with Crippen molar-refractivity contribution in [2.24, 2.45) is 5.92 Å². The van der Waals surface area contributed by atoms with Gasteiger partial charge in [-0.2, -0.15) is 13.2 Å². The van der Waals surface area contributed by atoms with Gasteiger partial charge in [0.1, 0.15) is 0 Å². The van der Waals surface area contributed by atoms with Gasteiger partial charge in [0.05, 0.1) is 11.5 Å². The quantitative estimate of drug-likeness (QED) is 0.910. The van der Waals surface area contributed by atoms with Gasteiger partial charge in [-0.15, -0.1) is 0 Å². The minimum absolute atomic E-state index is 0.0156. The second kappa shape index (κ2) is 6.45. The molecule has 1 fully saturated rings. The molecule has 2 rings (SSSR count). The Kier molecular flexibility index (Phi) is 4.92. The smallest absolute Gasteiger partial charge is 0.394 e. The standard InChI is InChI=1S/C17H20F3NO3/c1-16(2)13(17(18,19)20)9-10-21(16)14(22)8-7-11-5-3-4-6-12(11)15(23)24/h3-6,13H,7-10H2,1-2H3,(H,23,24). The van der Waals surface area contributed by atoms with Gasteiger partial charge in [-0.25, -0.2) is 4.79 Å². The van der Waals surface area contributed by atoms with Gasteiger partial charge in [0, 0.05) is 18.5 Å². The number of halogens is 3. The summed E-state index contributed by atoms with van der Waals surface area (Å²) in [7, 11) is 0. The summed E-state index contributed by atoms with van der Waals surface area (Å²) in [6, 6.07) is 6.32. The van der Waals surface area contributed by atoms with Gasteiger partial charge in [0.25, 0.3) is 0 Å². The molecule has 0 bridgehead atoms. The largest absolute Gasteiger partial charge is 0.478 e. The van der Waals surface area contributed by atoms with Crippen LogP contribution in [0.2, 0.25) is 0 Å². The Bertz CT molecular complexity index is 640. The highest BCUT2D eigenvalue weighted by atomic mass is 19.4. The molecule has 4 nitrogen and oxygen atoms in total. The number of hydrogen-bond acceptors (Lipinski definition) is 2. The average molecular weight is 343 g/mol. The van der Waals surface area contributed by atoms with Crippen molar-refractivity contribution in [2.45, 2.75) is 44.8 Å². The lowest BCUT2D eigenvalue weighted by atomic mass is 9.87. The molecule has 0 spiro atoms. The van der Waals surface area contributed by atoms with Crippen LogP contribution in [0.25, 0.3) is 0 Å². The number of aryl methyl sites for hydroxylation is 1. The van der Waals surface area contributed by atoms with Gasteiger partial charge in [0.2, 0.25) is 5.91 Å². The maximum absolute atomic E-state index is 13.1.